The molecule has 0 spiro atoms. The van der Waals surface area contributed by atoms with Crippen LogP contribution in [0.15, 0.2) is 4.34 Å². The highest BCUT2D eigenvalue weighted by Crippen LogP contribution is 2.32. The average molecular weight is 257 g/mol. The van der Waals surface area contributed by atoms with Gasteiger partial charge in [0.15, 0.2) is 4.34 Å². The molecule has 3 nitrogen and oxygen atoms in total. The van der Waals surface area contributed by atoms with E-state index in [1.165, 1.54) is 43.6 Å². The summed E-state index contributed by atoms with van der Waals surface area (Å²) < 4.78 is 5.30. The van der Waals surface area contributed by atoms with Crippen LogP contribution in [-0.4, -0.2) is 20.6 Å². The van der Waals surface area contributed by atoms with Crippen LogP contribution in [0, 0.1) is 6.92 Å². The first-order valence-electron chi connectivity index (χ1n) is 5.98. The summed E-state index contributed by atoms with van der Waals surface area (Å²) in [7, 11) is 0. The molecule has 2 unspecified atom stereocenters. The minimum atomic E-state index is 0.328. The van der Waals surface area contributed by atoms with Crippen molar-refractivity contribution in [2.75, 3.05) is 0 Å². The number of nitrogens with two attached hydrogens (primary N) is 1. The molecule has 2 rings (SSSR count). The molecule has 0 saturated heterocycles. The maximum Gasteiger partial charge on any atom is 0.170 e. The van der Waals surface area contributed by atoms with Gasteiger partial charge in [-0.25, -0.2) is 4.98 Å². The summed E-state index contributed by atoms with van der Waals surface area (Å²) in [4.78, 5) is 4.41. The van der Waals surface area contributed by atoms with E-state index in [-0.39, 0.29) is 0 Å². The first-order valence-corrected chi connectivity index (χ1v) is 7.63. The lowest BCUT2D eigenvalue weighted by Gasteiger charge is -2.24. The van der Waals surface area contributed by atoms with Crippen molar-refractivity contribution in [2.45, 2.75) is 61.1 Å². The summed E-state index contributed by atoms with van der Waals surface area (Å²) in [6, 6.07) is 0.328. The molecule has 1 aromatic rings. The van der Waals surface area contributed by atoms with Crippen molar-refractivity contribution >= 4 is 23.3 Å². The van der Waals surface area contributed by atoms with Crippen LogP contribution < -0.4 is 5.73 Å². The second kappa shape index (κ2) is 5.98. The molecule has 0 aliphatic heterocycles. The van der Waals surface area contributed by atoms with E-state index >= 15 is 0 Å². The summed E-state index contributed by atoms with van der Waals surface area (Å²) in [6.07, 6.45) is 7.69. The monoisotopic (exact) mass is 257 g/mol. The molecule has 1 heterocycles. The SMILES string of the molecule is Cc1nsc(SC2CCCCCCC2N)n1. The number of hydrogen-bond donors (Lipinski definition) is 1. The number of aryl methyl sites for hydroxylation is 1. The Morgan fingerprint density at radius 1 is 1.25 bits per heavy atom. The van der Waals surface area contributed by atoms with Crippen molar-refractivity contribution in [2.24, 2.45) is 5.73 Å². The molecule has 1 fully saturated rings. The predicted molar refractivity (Wildman–Crippen MR) is 70.0 cm³/mol. The number of rotatable bonds is 2. The van der Waals surface area contributed by atoms with Crippen molar-refractivity contribution in [3.63, 3.8) is 0 Å². The molecule has 2 atom stereocenters. The Hall–Kier alpha value is -0.130. The summed E-state index contributed by atoms with van der Waals surface area (Å²) >= 11 is 3.34. The molecule has 1 aliphatic carbocycles. The van der Waals surface area contributed by atoms with Crippen molar-refractivity contribution in [3.8, 4) is 0 Å². The van der Waals surface area contributed by atoms with Crippen LogP contribution in [0.2, 0.25) is 0 Å². The molecule has 0 amide bonds. The van der Waals surface area contributed by atoms with Gasteiger partial charge in [-0.05, 0) is 31.3 Å². The van der Waals surface area contributed by atoms with Gasteiger partial charge < -0.3 is 5.73 Å². The van der Waals surface area contributed by atoms with Crippen LogP contribution in [0.4, 0.5) is 0 Å². The zero-order valence-corrected chi connectivity index (χ0v) is 11.3. The van der Waals surface area contributed by atoms with Crippen LogP contribution in [0.5, 0.6) is 0 Å². The smallest absolute Gasteiger partial charge is 0.170 e. The topological polar surface area (TPSA) is 51.8 Å². The molecule has 16 heavy (non-hydrogen) atoms. The van der Waals surface area contributed by atoms with Crippen LogP contribution in [0.25, 0.3) is 0 Å². The van der Waals surface area contributed by atoms with Crippen molar-refractivity contribution in [1.29, 1.82) is 0 Å². The lowest BCUT2D eigenvalue weighted by atomic mass is 9.97. The third-order valence-corrected chi connectivity index (χ3v) is 5.31. The second-order valence-electron chi connectivity index (χ2n) is 4.42. The van der Waals surface area contributed by atoms with Gasteiger partial charge >= 0.3 is 0 Å². The second-order valence-corrected chi connectivity index (χ2v) is 6.66. The first kappa shape index (κ1) is 12.3. The van der Waals surface area contributed by atoms with Crippen molar-refractivity contribution < 1.29 is 0 Å². The molecule has 0 aromatic carbocycles. The Morgan fingerprint density at radius 2 is 2.00 bits per heavy atom. The molecule has 0 radical (unpaired) electrons. The maximum atomic E-state index is 6.24. The minimum absolute atomic E-state index is 0.328. The highest BCUT2D eigenvalue weighted by atomic mass is 32.2. The summed E-state index contributed by atoms with van der Waals surface area (Å²) in [6.45, 7) is 1.94. The molecular weight excluding hydrogens is 238 g/mol. The molecular formula is C11H19N3S2. The highest BCUT2D eigenvalue weighted by molar-refractivity contribution is 8.01. The standard InChI is InChI=1S/C11H19N3S2/c1-8-13-11(16-14-8)15-10-7-5-3-2-4-6-9(10)12/h9-10H,2-7,12H2,1H3. The summed E-state index contributed by atoms with van der Waals surface area (Å²) in [5.41, 5.74) is 6.24. The van der Waals surface area contributed by atoms with E-state index in [9.17, 15) is 0 Å². The van der Waals surface area contributed by atoms with Gasteiger partial charge in [-0.3, -0.25) is 0 Å². The van der Waals surface area contributed by atoms with Crippen molar-refractivity contribution in [1.82, 2.24) is 9.36 Å². The quantitative estimate of drug-likeness (QED) is 0.885. The number of thioether (sulfide) groups is 1. The molecule has 90 valence electrons. The van der Waals surface area contributed by atoms with Crippen LogP contribution in [0.3, 0.4) is 0 Å². The summed E-state index contributed by atoms with van der Waals surface area (Å²) in [5.74, 6) is 0.881. The van der Waals surface area contributed by atoms with Gasteiger partial charge in [0.25, 0.3) is 0 Å². The predicted octanol–water partition coefficient (Wildman–Crippen LogP) is 2.99. The Kier molecular flexibility index (Phi) is 4.61. The van der Waals surface area contributed by atoms with E-state index in [2.05, 4.69) is 9.36 Å². The normalized spacial score (nSPS) is 27.4. The van der Waals surface area contributed by atoms with E-state index < -0.39 is 0 Å². The zero-order chi connectivity index (χ0) is 11.4. The Bertz CT molecular complexity index is 327. The molecule has 1 aromatic heterocycles. The molecule has 2 N–H and O–H groups in total. The lowest BCUT2D eigenvalue weighted by Crippen LogP contribution is -2.33. The van der Waals surface area contributed by atoms with E-state index in [0.29, 0.717) is 11.3 Å². The highest BCUT2D eigenvalue weighted by Gasteiger charge is 2.21. The van der Waals surface area contributed by atoms with E-state index in [1.807, 2.05) is 18.7 Å². The fourth-order valence-electron chi connectivity index (χ4n) is 2.08. The number of hydrogen-bond acceptors (Lipinski definition) is 5. The van der Waals surface area contributed by atoms with Crippen LogP contribution in [0.1, 0.15) is 44.3 Å². The Balaban J connectivity index is 1.95. The Labute approximate surface area is 105 Å². The number of aromatic nitrogens is 2. The third kappa shape index (κ3) is 3.43. The molecule has 0 bridgehead atoms. The molecule has 5 heteroatoms. The first-order chi connectivity index (χ1) is 7.75. The van der Waals surface area contributed by atoms with Gasteiger partial charge in [0.2, 0.25) is 0 Å². The van der Waals surface area contributed by atoms with Crippen LogP contribution in [-0.2, 0) is 0 Å². The fraction of sp³-hybridized carbons (Fsp3) is 0.818. The van der Waals surface area contributed by atoms with E-state index in [4.69, 9.17) is 5.73 Å². The van der Waals surface area contributed by atoms with Gasteiger partial charge in [0.1, 0.15) is 5.82 Å². The van der Waals surface area contributed by atoms with Gasteiger partial charge in [0, 0.05) is 11.3 Å². The van der Waals surface area contributed by atoms with Gasteiger partial charge in [-0.1, -0.05) is 37.4 Å². The summed E-state index contributed by atoms with van der Waals surface area (Å²) in [5, 5.41) is 0.535. The third-order valence-electron chi connectivity index (χ3n) is 3.01. The van der Waals surface area contributed by atoms with E-state index in [0.717, 1.165) is 16.6 Å². The Morgan fingerprint density at radius 3 is 2.69 bits per heavy atom. The van der Waals surface area contributed by atoms with Crippen molar-refractivity contribution in [3.05, 3.63) is 5.82 Å². The van der Waals surface area contributed by atoms with Gasteiger partial charge in [-0.2, -0.15) is 4.37 Å². The molecule has 1 aliphatic rings. The van der Waals surface area contributed by atoms with Gasteiger partial charge in [0.05, 0.1) is 0 Å². The largest absolute Gasteiger partial charge is 0.327 e. The molecule has 1 saturated carbocycles. The average Bonchev–Trinajstić information content (AvgIpc) is 2.64. The van der Waals surface area contributed by atoms with Crippen LogP contribution >= 0.6 is 23.3 Å². The zero-order valence-electron chi connectivity index (χ0n) is 9.69. The maximum absolute atomic E-state index is 6.24. The fourth-order valence-corrected chi connectivity index (χ4v) is 4.20. The minimum Gasteiger partial charge on any atom is -0.327 e. The van der Waals surface area contributed by atoms with E-state index in [1.54, 1.807) is 0 Å². The number of nitrogens with zero attached hydrogens (tertiary/aromatic N) is 2. The van der Waals surface area contributed by atoms with Gasteiger partial charge in [-0.15, -0.1) is 0 Å². The lowest BCUT2D eigenvalue weighted by molar-refractivity contribution is 0.463.